The van der Waals surface area contributed by atoms with E-state index >= 15 is 0 Å². The molecular formula is C16H19ClN2O2. The van der Waals surface area contributed by atoms with Gasteiger partial charge in [-0.1, -0.05) is 29.8 Å². The molecule has 0 aliphatic heterocycles. The van der Waals surface area contributed by atoms with Crippen LogP contribution in [0, 0.1) is 13.8 Å². The predicted octanol–water partition coefficient (Wildman–Crippen LogP) is 3.10. The summed E-state index contributed by atoms with van der Waals surface area (Å²) in [5.74, 6) is -1.38. The fourth-order valence-electron chi connectivity index (χ4n) is 1.94. The molecule has 0 saturated carbocycles. The van der Waals surface area contributed by atoms with Crippen molar-refractivity contribution in [2.75, 3.05) is 18.4 Å². The van der Waals surface area contributed by atoms with Crippen molar-refractivity contribution in [2.24, 2.45) is 0 Å². The van der Waals surface area contributed by atoms with Crippen LogP contribution in [-0.4, -0.2) is 29.8 Å². The number of hydrogen-bond acceptors (Lipinski definition) is 2. The van der Waals surface area contributed by atoms with E-state index in [1.165, 1.54) is 4.90 Å². The third kappa shape index (κ3) is 4.46. The highest BCUT2D eigenvalue weighted by Crippen LogP contribution is 2.27. The van der Waals surface area contributed by atoms with Crippen LogP contribution in [0.3, 0.4) is 0 Å². The van der Waals surface area contributed by atoms with Gasteiger partial charge in [-0.25, -0.2) is 0 Å². The molecule has 2 amide bonds. The van der Waals surface area contributed by atoms with Crippen LogP contribution in [0.25, 0.3) is 0 Å². The van der Waals surface area contributed by atoms with Gasteiger partial charge in [0.05, 0.1) is 10.7 Å². The second-order valence-electron chi connectivity index (χ2n) is 4.68. The molecule has 1 rings (SSSR count). The Morgan fingerprint density at radius 1 is 1.24 bits per heavy atom. The average Bonchev–Trinajstić information content (AvgIpc) is 2.41. The van der Waals surface area contributed by atoms with Gasteiger partial charge < -0.3 is 10.2 Å². The second-order valence-corrected chi connectivity index (χ2v) is 5.09. The smallest absolute Gasteiger partial charge is 0.313 e. The molecule has 0 fully saturated rings. The lowest BCUT2D eigenvalue weighted by atomic mass is 10.1. The number of aryl methyl sites for hydroxylation is 2. The number of benzene rings is 1. The molecule has 0 aliphatic carbocycles. The summed E-state index contributed by atoms with van der Waals surface area (Å²) in [4.78, 5) is 25.5. The Hall–Kier alpha value is -2.07. The minimum absolute atomic E-state index is 0.277. The van der Waals surface area contributed by atoms with Gasteiger partial charge in [-0.05, 0) is 31.0 Å². The summed E-state index contributed by atoms with van der Waals surface area (Å²) < 4.78 is 0. The van der Waals surface area contributed by atoms with Crippen molar-refractivity contribution in [1.29, 1.82) is 0 Å². The van der Waals surface area contributed by atoms with E-state index in [0.29, 0.717) is 10.7 Å². The normalized spacial score (nSPS) is 9.86. The van der Waals surface area contributed by atoms with Crippen LogP contribution in [0.15, 0.2) is 37.4 Å². The second kappa shape index (κ2) is 7.64. The Balaban J connectivity index is 2.92. The Morgan fingerprint density at radius 3 is 2.29 bits per heavy atom. The topological polar surface area (TPSA) is 49.4 Å². The lowest BCUT2D eigenvalue weighted by Crippen LogP contribution is -2.40. The lowest BCUT2D eigenvalue weighted by molar-refractivity contribution is -0.142. The van der Waals surface area contributed by atoms with Gasteiger partial charge in [0, 0.05) is 13.1 Å². The molecule has 0 atom stereocenters. The number of carbonyl (C=O) groups is 2. The van der Waals surface area contributed by atoms with Gasteiger partial charge in [0.1, 0.15) is 0 Å². The molecule has 4 nitrogen and oxygen atoms in total. The first-order valence-corrected chi connectivity index (χ1v) is 6.87. The zero-order valence-electron chi connectivity index (χ0n) is 12.3. The standard InChI is InChI=1S/C16H19ClN2O2/c1-5-7-19(8-6-2)16(21)15(20)18-14-12(4)9-11(3)10-13(14)17/h5-6,9-10H,1-2,7-8H2,3-4H3,(H,18,20). The molecule has 112 valence electrons. The number of nitrogens with one attached hydrogen (secondary N) is 1. The number of amides is 2. The van der Waals surface area contributed by atoms with E-state index in [-0.39, 0.29) is 13.1 Å². The van der Waals surface area contributed by atoms with Gasteiger partial charge in [-0.3, -0.25) is 9.59 Å². The van der Waals surface area contributed by atoms with Crippen molar-refractivity contribution in [1.82, 2.24) is 4.90 Å². The van der Waals surface area contributed by atoms with E-state index in [4.69, 9.17) is 11.6 Å². The van der Waals surface area contributed by atoms with Gasteiger partial charge >= 0.3 is 11.8 Å². The summed E-state index contributed by atoms with van der Waals surface area (Å²) in [5, 5.41) is 2.98. The minimum Gasteiger partial charge on any atom is -0.327 e. The predicted molar refractivity (Wildman–Crippen MR) is 86.5 cm³/mol. The van der Waals surface area contributed by atoms with E-state index in [1.807, 2.05) is 19.9 Å². The Labute approximate surface area is 130 Å². The molecule has 5 heteroatoms. The SMILES string of the molecule is C=CCN(CC=C)C(=O)C(=O)Nc1c(C)cc(C)cc1Cl. The highest BCUT2D eigenvalue weighted by Gasteiger charge is 2.21. The number of halogens is 1. The van der Waals surface area contributed by atoms with Gasteiger partial charge in [0.2, 0.25) is 0 Å². The first kappa shape index (κ1) is 17.0. The molecule has 0 heterocycles. The van der Waals surface area contributed by atoms with E-state index in [0.717, 1.165) is 11.1 Å². The molecule has 1 N–H and O–H groups in total. The Morgan fingerprint density at radius 2 is 1.81 bits per heavy atom. The maximum Gasteiger partial charge on any atom is 0.313 e. The number of rotatable bonds is 5. The van der Waals surface area contributed by atoms with Crippen molar-refractivity contribution in [3.05, 3.63) is 53.6 Å². The number of hydrogen-bond donors (Lipinski definition) is 1. The van der Waals surface area contributed by atoms with Crippen molar-refractivity contribution >= 4 is 29.1 Å². The first-order valence-electron chi connectivity index (χ1n) is 6.49. The average molecular weight is 307 g/mol. The zero-order chi connectivity index (χ0) is 16.0. The largest absolute Gasteiger partial charge is 0.327 e. The molecular weight excluding hydrogens is 288 g/mol. The highest BCUT2D eigenvalue weighted by molar-refractivity contribution is 6.41. The highest BCUT2D eigenvalue weighted by atomic mass is 35.5. The van der Waals surface area contributed by atoms with Crippen LogP contribution < -0.4 is 5.32 Å². The Bertz CT molecular complexity index is 549. The molecule has 0 unspecified atom stereocenters. The van der Waals surface area contributed by atoms with E-state index in [1.54, 1.807) is 18.2 Å². The molecule has 0 bridgehead atoms. The quantitative estimate of drug-likeness (QED) is 0.671. The van der Waals surface area contributed by atoms with Crippen LogP contribution in [0.5, 0.6) is 0 Å². The minimum atomic E-state index is -0.729. The molecule has 1 aromatic carbocycles. The maximum atomic E-state index is 12.1. The van der Waals surface area contributed by atoms with Crippen molar-refractivity contribution in [3.8, 4) is 0 Å². The summed E-state index contributed by atoms with van der Waals surface area (Å²) in [6.07, 6.45) is 3.11. The fourth-order valence-corrected chi connectivity index (χ4v) is 2.31. The van der Waals surface area contributed by atoms with Gasteiger partial charge in [0.25, 0.3) is 0 Å². The van der Waals surface area contributed by atoms with Crippen molar-refractivity contribution < 1.29 is 9.59 Å². The third-order valence-corrected chi connectivity index (χ3v) is 3.15. The molecule has 0 aliphatic rings. The summed E-state index contributed by atoms with van der Waals surface area (Å²) in [7, 11) is 0. The Kier molecular flexibility index (Phi) is 6.18. The summed E-state index contributed by atoms with van der Waals surface area (Å²) in [5.41, 5.74) is 2.25. The fraction of sp³-hybridized carbons (Fsp3) is 0.250. The van der Waals surface area contributed by atoms with Crippen LogP contribution in [-0.2, 0) is 9.59 Å². The first-order chi connectivity index (χ1) is 9.90. The van der Waals surface area contributed by atoms with Crippen molar-refractivity contribution in [2.45, 2.75) is 13.8 Å². The molecule has 0 saturated heterocycles. The maximum absolute atomic E-state index is 12.1. The van der Waals surface area contributed by atoms with Gasteiger partial charge in [-0.15, -0.1) is 13.2 Å². The molecule has 1 aromatic rings. The lowest BCUT2D eigenvalue weighted by Gasteiger charge is -2.19. The van der Waals surface area contributed by atoms with E-state index in [2.05, 4.69) is 18.5 Å². The molecule has 0 aromatic heterocycles. The molecule has 0 radical (unpaired) electrons. The number of carbonyl (C=O) groups excluding carboxylic acids is 2. The molecule has 0 spiro atoms. The third-order valence-electron chi connectivity index (χ3n) is 2.85. The zero-order valence-corrected chi connectivity index (χ0v) is 13.0. The summed E-state index contributed by atoms with van der Waals surface area (Å²) in [6.45, 7) is 11.4. The van der Waals surface area contributed by atoms with Crippen LogP contribution >= 0.6 is 11.6 Å². The number of anilines is 1. The van der Waals surface area contributed by atoms with Gasteiger partial charge in [-0.2, -0.15) is 0 Å². The summed E-state index contributed by atoms with van der Waals surface area (Å²) in [6, 6.07) is 3.62. The monoisotopic (exact) mass is 306 g/mol. The van der Waals surface area contributed by atoms with Crippen LogP contribution in [0.2, 0.25) is 5.02 Å². The number of nitrogens with zero attached hydrogens (tertiary/aromatic N) is 1. The molecule has 21 heavy (non-hydrogen) atoms. The van der Waals surface area contributed by atoms with E-state index in [9.17, 15) is 9.59 Å². The van der Waals surface area contributed by atoms with Gasteiger partial charge in [0.15, 0.2) is 0 Å². The van der Waals surface area contributed by atoms with Crippen LogP contribution in [0.4, 0.5) is 5.69 Å². The summed E-state index contributed by atoms with van der Waals surface area (Å²) >= 11 is 6.11. The van der Waals surface area contributed by atoms with E-state index < -0.39 is 11.8 Å². The van der Waals surface area contributed by atoms with Crippen molar-refractivity contribution in [3.63, 3.8) is 0 Å². The van der Waals surface area contributed by atoms with Crippen LogP contribution in [0.1, 0.15) is 11.1 Å².